The zero-order valence-corrected chi connectivity index (χ0v) is 16.3. The van der Waals surface area contributed by atoms with Crippen LogP contribution >= 0.6 is 0 Å². The van der Waals surface area contributed by atoms with Crippen molar-refractivity contribution in [3.63, 3.8) is 0 Å². The standard InChI is InChI=1S/C19H23N5O3S/c1-2-23-28(26,27)17-9-5-15(6-10-17)18(25)22-13-14-3-7-16(8-4-14)24-19-20-11-12-21-19/h3-10,23H,2,11-13H2,1H3,(H,22,25)(H2,20,21,24). The summed E-state index contributed by atoms with van der Waals surface area (Å²) in [6, 6.07) is 13.5. The highest BCUT2D eigenvalue weighted by molar-refractivity contribution is 7.89. The van der Waals surface area contributed by atoms with Crippen molar-refractivity contribution in [3.8, 4) is 0 Å². The average Bonchev–Trinajstić information content (AvgIpc) is 3.20. The molecule has 0 radical (unpaired) electrons. The Morgan fingerprint density at radius 3 is 2.43 bits per heavy atom. The van der Waals surface area contributed by atoms with E-state index in [2.05, 4.69) is 25.7 Å². The number of guanidine groups is 1. The number of hydrogen-bond donors (Lipinski definition) is 4. The Balaban J connectivity index is 1.55. The maximum Gasteiger partial charge on any atom is 0.251 e. The molecule has 2 aromatic rings. The summed E-state index contributed by atoms with van der Waals surface area (Å²) in [4.78, 5) is 16.7. The molecule has 1 aliphatic rings. The third kappa shape index (κ3) is 5.08. The second kappa shape index (κ2) is 8.85. The minimum atomic E-state index is -3.52. The first-order valence-corrected chi connectivity index (χ1v) is 10.5. The Hall–Kier alpha value is -2.91. The van der Waals surface area contributed by atoms with Gasteiger partial charge in [-0.25, -0.2) is 13.1 Å². The second-order valence-corrected chi connectivity index (χ2v) is 7.95. The van der Waals surface area contributed by atoms with E-state index in [1.165, 1.54) is 24.3 Å². The maximum absolute atomic E-state index is 12.3. The lowest BCUT2D eigenvalue weighted by Gasteiger charge is -2.09. The molecule has 0 aromatic heterocycles. The fourth-order valence-corrected chi connectivity index (χ4v) is 3.71. The molecule has 4 N–H and O–H groups in total. The number of carbonyl (C=O) groups excluding carboxylic acids is 1. The van der Waals surface area contributed by atoms with Crippen LogP contribution in [0.1, 0.15) is 22.8 Å². The molecule has 0 fully saturated rings. The Morgan fingerprint density at radius 2 is 1.82 bits per heavy atom. The van der Waals surface area contributed by atoms with Gasteiger partial charge in [-0.15, -0.1) is 0 Å². The summed E-state index contributed by atoms with van der Waals surface area (Å²) in [7, 11) is -3.52. The van der Waals surface area contributed by atoms with Crippen LogP contribution in [-0.2, 0) is 16.6 Å². The number of nitrogens with zero attached hydrogens (tertiary/aromatic N) is 1. The number of anilines is 1. The van der Waals surface area contributed by atoms with Gasteiger partial charge in [0.2, 0.25) is 10.0 Å². The van der Waals surface area contributed by atoms with Gasteiger partial charge < -0.3 is 16.0 Å². The minimum absolute atomic E-state index is 0.135. The molecule has 1 heterocycles. The summed E-state index contributed by atoms with van der Waals surface area (Å²) >= 11 is 0. The number of rotatable bonds is 7. The van der Waals surface area contributed by atoms with Gasteiger partial charge in [0.1, 0.15) is 0 Å². The van der Waals surface area contributed by atoms with Gasteiger partial charge in [0.05, 0.1) is 11.4 Å². The molecule has 1 amide bonds. The van der Waals surface area contributed by atoms with Crippen molar-refractivity contribution in [2.45, 2.75) is 18.4 Å². The number of aliphatic imine (C=N–C) groups is 1. The van der Waals surface area contributed by atoms with E-state index >= 15 is 0 Å². The van der Waals surface area contributed by atoms with Crippen molar-refractivity contribution in [1.29, 1.82) is 0 Å². The average molecular weight is 401 g/mol. The van der Waals surface area contributed by atoms with Gasteiger partial charge >= 0.3 is 0 Å². The Morgan fingerprint density at radius 1 is 1.11 bits per heavy atom. The smallest absolute Gasteiger partial charge is 0.251 e. The van der Waals surface area contributed by atoms with Crippen LogP contribution in [0.15, 0.2) is 58.4 Å². The first-order valence-electron chi connectivity index (χ1n) is 9.00. The van der Waals surface area contributed by atoms with E-state index in [9.17, 15) is 13.2 Å². The van der Waals surface area contributed by atoms with Crippen molar-refractivity contribution < 1.29 is 13.2 Å². The molecule has 0 bridgehead atoms. The zero-order valence-electron chi connectivity index (χ0n) is 15.5. The lowest BCUT2D eigenvalue weighted by Crippen LogP contribution is -2.26. The van der Waals surface area contributed by atoms with Crippen LogP contribution in [0.3, 0.4) is 0 Å². The van der Waals surface area contributed by atoms with Gasteiger partial charge in [-0.05, 0) is 42.0 Å². The predicted octanol–water partition coefficient (Wildman–Crippen LogP) is 1.29. The van der Waals surface area contributed by atoms with Crippen LogP contribution in [0.2, 0.25) is 0 Å². The lowest BCUT2D eigenvalue weighted by atomic mass is 10.2. The van der Waals surface area contributed by atoms with Gasteiger partial charge in [0.15, 0.2) is 5.96 Å². The summed E-state index contributed by atoms with van der Waals surface area (Å²) in [5.74, 6) is 0.500. The van der Waals surface area contributed by atoms with E-state index in [1.54, 1.807) is 6.92 Å². The summed E-state index contributed by atoms with van der Waals surface area (Å²) < 4.78 is 26.3. The fourth-order valence-electron chi connectivity index (χ4n) is 2.67. The van der Waals surface area contributed by atoms with Crippen LogP contribution in [-0.4, -0.2) is 39.9 Å². The first kappa shape index (κ1) is 19.8. The minimum Gasteiger partial charge on any atom is -0.354 e. The van der Waals surface area contributed by atoms with E-state index < -0.39 is 10.0 Å². The molecule has 0 aliphatic carbocycles. The fraction of sp³-hybridized carbons (Fsp3) is 0.263. The van der Waals surface area contributed by atoms with Crippen molar-refractivity contribution in [2.24, 2.45) is 4.99 Å². The highest BCUT2D eigenvalue weighted by atomic mass is 32.2. The van der Waals surface area contributed by atoms with Crippen molar-refractivity contribution in [3.05, 3.63) is 59.7 Å². The van der Waals surface area contributed by atoms with Gasteiger partial charge in [-0.3, -0.25) is 9.79 Å². The van der Waals surface area contributed by atoms with Gasteiger partial charge in [-0.2, -0.15) is 0 Å². The van der Waals surface area contributed by atoms with E-state index in [1.807, 2.05) is 24.3 Å². The molecule has 0 saturated carbocycles. The van der Waals surface area contributed by atoms with Crippen molar-refractivity contribution in [2.75, 3.05) is 25.0 Å². The molecule has 0 saturated heterocycles. The topological polar surface area (TPSA) is 112 Å². The first-order chi connectivity index (χ1) is 13.5. The third-order valence-corrected chi connectivity index (χ3v) is 5.67. The number of amides is 1. The van der Waals surface area contributed by atoms with Crippen LogP contribution in [0.25, 0.3) is 0 Å². The molecular weight excluding hydrogens is 378 g/mol. The Bertz CT molecular complexity index is 954. The molecule has 28 heavy (non-hydrogen) atoms. The van der Waals surface area contributed by atoms with Crippen LogP contribution in [0, 0.1) is 0 Å². The predicted molar refractivity (Wildman–Crippen MR) is 109 cm³/mol. The van der Waals surface area contributed by atoms with Gasteiger partial charge in [0, 0.05) is 30.9 Å². The molecular formula is C19H23N5O3S. The molecule has 0 spiro atoms. The van der Waals surface area contributed by atoms with E-state index in [-0.39, 0.29) is 10.8 Å². The molecule has 8 nitrogen and oxygen atoms in total. The van der Waals surface area contributed by atoms with Crippen molar-refractivity contribution in [1.82, 2.24) is 15.4 Å². The number of carbonyl (C=O) groups is 1. The summed E-state index contributed by atoms with van der Waals surface area (Å²) in [5.41, 5.74) is 2.27. The number of sulfonamides is 1. The molecule has 3 rings (SSSR count). The zero-order chi connectivity index (χ0) is 20.0. The summed E-state index contributed by atoms with van der Waals surface area (Å²) in [6.45, 7) is 4.00. The summed E-state index contributed by atoms with van der Waals surface area (Å²) in [6.07, 6.45) is 0. The van der Waals surface area contributed by atoms with Gasteiger partial charge in [-0.1, -0.05) is 19.1 Å². The Labute approximate surface area is 164 Å². The van der Waals surface area contributed by atoms with Crippen LogP contribution < -0.4 is 20.7 Å². The number of hydrogen-bond acceptors (Lipinski definition) is 6. The van der Waals surface area contributed by atoms with E-state index in [0.29, 0.717) is 18.7 Å². The Kier molecular flexibility index (Phi) is 6.27. The van der Waals surface area contributed by atoms with E-state index in [0.717, 1.165) is 30.3 Å². The van der Waals surface area contributed by atoms with Crippen LogP contribution in [0.5, 0.6) is 0 Å². The molecule has 9 heteroatoms. The van der Waals surface area contributed by atoms with Crippen LogP contribution in [0.4, 0.5) is 5.69 Å². The normalized spacial score (nSPS) is 13.5. The third-order valence-electron chi connectivity index (χ3n) is 4.11. The largest absolute Gasteiger partial charge is 0.354 e. The van der Waals surface area contributed by atoms with Crippen molar-refractivity contribution >= 4 is 27.6 Å². The molecule has 0 atom stereocenters. The van der Waals surface area contributed by atoms with E-state index in [4.69, 9.17) is 0 Å². The quantitative estimate of drug-likeness (QED) is 0.559. The molecule has 1 aliphatic heterocycles. The monoisotopic (exact) mass is 401 g/mol. The maximum atomic E-state index is 12.3. The molecule has 0 unspecified atom stereocenters. The highest BCUT2D eigenvalue weighted by Gasteiger charge is 2.13. The number of nitrogens with one attached hydrogen (secondary N) is 4. The summed E-state index contributed by atoms with van der Waals surface area (Å²) in [5, 5.41) is 9.15. The highest BCUT2D eigenvalue weighted by Crippen LogP contribution is 2.12. The molecule has 148 valence electrons. The molecule has 2 aromatic carbocycles. The number of benzene rings is 2. The SMILES string of the molecule is CCNS(=O)(=O)c1ccc(C(=O)NCc2ccc(NC3=NCCN3)cc2)cc1. The lowest BCUT2D eigenvalue weighted by molar-refractivity contribution is 0.0951. The second-order valence-electron chi connectivity index (χ2n) is 6.19. The van der Waals surface area contributed by atoms with Gasteiger partial charge in [0.25, 0.3) is 5.91 Å².